The van der Waals surface area contributed by atoms with Crippen LogP contribution in [0, 0.1) is 5.92 Å². The second-order valence-corrected chi connectivity index (χ2v) is 5.84. The smallest absolute Gasteiger partial charge is 0.0624 e. The van der Waals surface area contributed by atoms with Gasteiger partial charge in [-0.1, -0.05) is 20.3 Å². The van der Waals surface area contributed by atoms with Gasteiger partial charge in [0, 0.05) is 18.3 Å². The maximum atomic E-state index is 4.66. The van der Waals surface area contributed by atoms with Crippen LogP contribution in [0.5, 0.6) is 0 Å². The Morgan fingerprint density at radius 3 is 2.74 bits per heavy atom. The molecule has 0 spiro atoms. The zero-order valence-corrected chi connectivity index (χ0v) is 12.8. The van der Waals surface area contributed by atoms with E-state index in [4.69, 9.17) is 0 Å². The summed E-state index contributed by atoms with van der Waals surface area (Å²) in [5.74, 6) is 0.761. The Hall–Kier alpha value is -0.830. The molecule has 0 aromatic carbocycles. The Labute approximate surface area is 117 Å². The third kappa shape index (κ3) is 4.34. The van der Waals surface area contributed by atoms with Crippen molar-refractivity contribution in [2.45, 2.75) is 71.9 Å². The molecule has 1 saturated carbocycles. The van der Waals surface area contributed by atoms with Gasteiger partial charge in [-0.25, -0.2) is 0 Å². The molecule has 3 heteroatoms. The monoisotopic (exact) mass is 263 g/mol. The number of aryl methyl sites for hydroxylation is 2. The molecule has 1 aliphatic carbocycles. The fourth-order valence-corrected chi connectivity index (χ4v) is 2.73. The largest absolute Gasteiger partial charge is 0.314 e. The van der Waals surface area contributed by atoms with Gasteiger partial charge in [0.2, 0.25) is 0 Å². The molecular weight excluding hydrogens is 234 g/mol. The molecule has 0 bridgehead atoms. The summed E-state index contributed by atoms with van der Waals surface area (Å²) in [6.07, 6.45) is 7.57. The van der Waals surface area contributed by atoms with Crippen molar-refractivity contribution < 1.29 is 0 Å². The van der Waals surface area contributed by atoms with Crippen LogP contribution in [-0.2, 0) is 19.4 Å². The van der Waals surface area contributed by atoms with E-state index >= 15 is 0 Å². The van der Waals surface area contributed by atoms with Gasteiger partial charge in [-0.2, -0.15) is 5.10 Å². The summed E-state index contributed by atoms with van der Waals surface area (Å²) in [7, 11) is 0. The minimum absolute atomic E-state index is 0.761. The van der Waals surface area contributed by atoms with E-state index in [0.717, 1.165) is 24.9 Å². The van der Waals surface area contributed by atoms with Crippen molar-refractivity contribution in [3.05, 3.63) is 17.5 Å². The molecule has 2 rings (SSSR count). The number of rotatable bonds is 9. The topological polar surface area (TPSA) is 29.9 Å². The molecule has 1 aromatic heterocycles. The summed E-state index contributed by atoms with van der Waals surface area (Å²) in [5, 5.41) is 8.35. The van der Waals surface area contributed by atoms with Crippen LogP contribution in [0.1, 0.15) is 57.8 Å². The van der Waals surface area contributed by atoms with Gasteiger partial charge in [0.25, 0.3) is 0 Å². The first-order valence-electron chi connectivity index (χ1n) is 8.05. The van der Waals surface area contributed by atoms with Gasteiger partial charge in [0.15, 0.2) is 0 Å². The highest BCUT2D eigenvalue weighted by molar-refractivity contribution is 5.11. The van der Waals surface area contributed by atoms with Crippen LogP contribution >= 0.6 is 0 Å². The number of nitrogens with one attached hydrogen (secondary N) is 1. The van der Waals surface area contributed by atoms with Gasteiger partial charge in [0.05, 0.1) is 5.69 Å². The Kier molecular flexibility index (Phi) is 5.44. The van der Waals surface area contributed by atoms with Crippen molar-refractivity contribution in [3.63, 3.8) is 0 Å². The van der Waals surface area contributed by atoms with Crippen LogP contribution in [0.15, 0.2) is 6.07 Å². The van der Waals surface area contributed by atoms with E-state index in [1.165, 1.54) is 50.0 Å². The average Bonchev–Trinajstić information content (AvgIpc) is 3.16. The second kappa shape index (κ2) is 7.09. The van der Waals surface area contributed by atoms with Crippen molar-refractivity contribution in [1.82, 2.24) is 15.1 Å². The van der Waals surface area contributed by atoms with E-state index < -0.39 is 0 Å². The summed E-state index contributed by atoms with van der Waals surface area (Å²) in [6.45, 7) is 8.83. The predicted octanol–water partition coefficient (Wildman–Crippen LogP) is 3.18. The van der Waals surface area contributed by atoms with Crippen molar-refractivity contribution >= 4 is 0 Å². The van der Waals surface area contributed by atoms with E-state index in [0.29, 0.717) is 0 Å². The summed E-state index contributed by atoms with van der Waals surface area (Å²) in [5.41, 5.74) is 2.66. The van der Waals surface area contributed by atoms with E-state index in [1.807, 2.05) is 0 Å². The molecule has 1 atom stereocenters. The maximum Gasteiger partial charge on any atom is 0.0624 e. The molecule has 19 heavy (non-hydrogen) atoms. The first-order chi connectivity index (χ1) is 9.26. The fourth-order valence-electron chi connectivity index (χ4n) is 2.73. The van der Waals surface area contributed by atoms with Crippen LogP contribution in [-0.4, -0.2) is 22.4 Å². The van der Waals surface area contributed by atoms with Gasteiger partial charge in [-0.15, -0.1) is 0 Å². The Morgan fingerprint density at radius 1 is 1.37 bits per heavy atom. The quantitative estimate of drug-likeness (QED) is 0.741. The van der Waals surface area contributed by atoms with Gasteiger partial charge in [0.1, 0.15) is 0 Å². The maximum absolute atomic E-state index is 4.66. The van der Waals surface area contributed by atoms with Crippen LogP contribution in [0.3, 0.4) is 0 Å². The minimum atomic E-state index is 0.761. The van der Waals surface area contributed by atoms with Crippen LogP contribution in [0.25, 0.3) is 0 Å². The van der Waals surface area contributed by atoms with Crippen molar-refractivity contribution in [2.24, 2.45) is 5.92 Å². The summed E-state index contributed by atoms with van der Waals surface area (Å²) >= 11 is 0. The number of aromatic nitrogens is 2. The molecule has 3 nitrogen and oxygen atoms in total. The molecule has 1 heterocycles. The SMILES string of the molecule is CCCC(CNC1CC1)Cc1cc(CC)nn1CC. The first-order valence-corrected chi connectivity index (χ1v) is 8.05. The third-order valence-corrected chi connectivity index (χ3v) is 4.04. The van der Waals surface area contributed by atoms with E-state index in [-0.39, 0.29) is 0 Å². The van der Waals surface area contributed by atoms with Gasteiger partial charge >= 0.3 is 0 Å². The lowest BCUT2D eigenvalue weighted by Gasteiger charge is -2.17. The third-order valence-electron chi connectivity index (χ3n) is 4.04. The lowest BCUT2D eigenvalue weighted by atomic mass is 9.97. The molecule has 1 N–H and O–H groups in total. The molecular formula is C16H29N3. The normalized spacial score (nSPS) is 16.8. The Balaban J connectivity index is 1.95. The zero-order valence-electron chi connectivity index (χ0n) is 12.8. The minimum Gasteiger partial charge on any atom is -0.314 e. The molecule has 1 aromatic rings. The van der Waals surface area contributed by atoms with Gasteiger partial charge in [-0.3, -0.25) is 4.68 Å². The molecule has 0 saturated heterocycles. The molecule has 0 aliphatic heterocycles. The standard InChI is InChI=1S/C16H29N3/c1-4-7-13(12-17-15-8-9-15)10-16-11-14(5-2)18-19(16)6-3/h11,13,15,17H,4-10,12H2,1-3H3. The van der Waals surface area contributed by atoms with Crippen LogP contribution in [0.4, 0.5) is 0 Å². The van der Waals surface area contributed by atoms with Gasteiger partial charge < -0.3 is 5.32 Å². The van der Waals surface area contributed by atoms with E-state index in [1.54, 1.807) is 0 Å². The second-order valence-electron chi connectivity index (χ2n) is 5.84. The summed E-state index contributed by atoms with van der Waals surface area (Å²) < 4.78 is 2.19. The number of hydrogen-bond donors (Lipinski definition) is 1. The molecule has 108 valence electrons. The van der Waals surface area contributed by atoms with E-state index in [2.05, 4.69) is 41.9 Å². The predicted molar refractivity (Wildman–Crippen MR) is 80.4 cm³/mol. The highest BCUT2D eigenvalue weighted by atomic mass is 15.3. The van der Waals surface area contributed by atoms with Crippen molar-refractivity contribution in [1.29, 1.82) is 0 Å². The lowest BCUT2D eigenvalue weighted by molar-refractivity contribution is 0.423. The lowest BCUT2D eigenvalue weighted by Crippen LogP contribution is -2.26. The van der Waals surface area contributed by atoms with Crippen molar-refractivity contribution in [3.8, 4) is 0 Å². The fraction of sp³-hybridized carbons (Fsp3) is 0.812. The average molecular weight is 263 g/mol. The summed E-state index contributed by atoms with van der Waals surface area (Å²) in [4.78, 5) is 0. The first kappa shape index (κ1) is 14.6. The molecule has 0 radical (unpaired) electrons. The van der Waals surface area contributed by atoms with Gasteiger partial charge in [-0.05, 0) is 57.6 Å². The number of nitrogens with zero attached hydrogens (tertiary/aromatic N) is 2. The van der Waals surface area contributed by atoms with Crippen molar-refractivity contribution in [2.75, 3.05) is 6.54 Å². The highest BCUT2D eigenvalue weighted by Crippen LogP contribution is 2.21. The highest BCUT2D eigenvalue weighted by Gasteiger charge is 2.22. The molecule has 1 unspecified atom stereocenters. The van der Waals surface area contributed by atoms with Crippen LogP contribution in [0.2, 0.25) is 0 Å². The number of hydrogen-bond acceptors (Lipinski definition) is 2. The van der Waals surface area contributed by atoms with E-state index in [9.17, 15) is 0 Å². The summed E-state index contributed by atoms with van der Waals surface area (Å²) in [6, 6.07) is 3.13. The zero-order chi connectivity index (χ0) is 13.7. The molecule has 0 amide bonds. The van der Waals surface area contributed by atoms with Crippen LogP contribution < -0.4 is 5.32 Å². The molecule has 1 fully saturated rings. The Bertz CT molecular complexity index is 379. The Morgan fingerprint density at radius 2 is 2.16 bits per heavy atom. The molecule has 1 aliphatic rings.